The molecular formula is C81H102F2O11. The summed E-state index contributed by atoms with van der Waals surface area (Å²) in [6.07, 6.45) is 16.6. The first-order valence-electron chi connectivity index (χ1n) is 33.9. The lowest BCUT2D eigenvalue weighted by atomic mass is 9.77. The van der Waals surface area contributed by atoms with Crippen LogP contribution in [-0.2, 0) is 73.5 Å². The topological polar surface area (TPSA) is 158 Å². The average Bonchev–Trinajstić information content (AvgIpc) is 0.828. The van der Waals surface area contributed by atoms with Crippen molar-refractivity contribution in [1.29, 1.82) is 0 Å². The number of aliphatic hydroxyl groups excluding tert-OH is 3. The van der Waals surface area contributed by atoms with E-state index in [1.807, 2.05) is 60.7 Å². The number of hydrogen-bond donors (Lipinski definition) is 3. The predicted octanol–water partition coefficient (Wildman–Crippen LogP) is 17.3. The SMILES string of the molecule is C=C(C)C(=O)OCCCc1cc(-c2ccc(-c3ccc(C4CCC(CCCCC)CC4)cc3F)cc2CC)cc(CCCOC(=O)C(=C)C)c1OCC(C)(CO)CO.C=C(C)C(=O)OCCOc1ccc(CCc2ccc(-c3ccc(CCCO)cc3CC)c(F)c2)cc1. The maximum Gasteiger partial charge on any atom is 0.333 e. The van der Waals surface area contributed by atoms with Crippen molar-refractivity contribution in [1.82, 2.24) is 0 Å². The Morgan fingerprint density at radius 1 is 0.500 bits per heavy atom. The Bertz CT molecular complexity index is 3410. The van der Waals surface area contributed by atoms with Gasteiger partial charge in [-0.25, -0.2) is 23.2 Å². The molecule has 0 aromatic heterocycles. The van der Waals surface area contributed by atoms with Gasteiger partial charge in [0, 0.05) is 39.9 Å². The molecule has 13 heteroatoms. The van der Waals surface area contributed by atoms with Crippen LogP contribution in [0.5, 0.6) is 11.5 Å². The van der Waals surface area contributed by atoms with Gasteiger partial charge in [-0.1, -0.05) is 146 Å². The standard InChI is InChI=1S/C50H67FO7.C31H35FO4/c1-8-10-11-14-36-17-19-38(20-18-36)39-21-24-45(46(51)30-39)40-22-23-44(37(9-2)27-40)43-28-41(15-12-25-56-48(54)34(3)4)47(58-33-50(7,31-52)32-53)42(29-43)16-13-26-57-49(55)35(5)6;1-4-26-20-24(6-5-17-33)11-15-28(26)29-16-12-25(21-30(29)32)8-7-23-9-13-27(14-10-23)35-18-19-36-31(34)22(2)3/h21-24,27-30,36,38,52-53H,3,5,8-20,25-26,31-33H2,1-2,4,6-7H3;9-16,20-21,33H,2,4-8,17-19H2,1,3H3. The number of esters is 3. The lowest BCUT2D eigenvalue weighted by Gasteiger charge is -2.29. The van der Waals surface area contributed by atoms with E-state index in [9.17, 15) is 24.6 Å². The van der Waals surface area contributed by atoms with Gasteiger partial charge in [-0.2, -0.15) is 0 Å². The number of ether oxygens (including phenoxy) is 5. The van der Waals surface area contributed by atoms with Gasteiger partial charge in [0.15, 0.2) is 0 Å². The molecule has 3 N–H and O–H groups in total. The Morgan fingerprint density at radius 3 is 1.57 bits per heavy atom. The van der Waals surface area contributed by atoms with Crippen molar-refractivity contribution < 1.29 is 62.2 Å². The van der Waals surface area contributed by atoms with Gasteiger partial charge >= 0.3 is 17.9 Å². The minimum absolute atomic E-state index is 0.0637. The van der Waals surface area contributed by atoms with Gasteiger partial charge < -0.3 is 39.0 Å². The fourth-order valence-corrected chi connectivity index (χ4v) is 11.8. The summed E-state index contributed by atoms with van der Waals surface area (Å²) in [5.74, 6) is 0.823. The number of unbranched alkanes of at least 4 members (excludes halogenated alkanes) is 2. The monoisotopic (exact) mass is 1290 g/mol. The molecule has 0 heterocycles. The Morgan fingerprint density at radius 2 is 1.02 bits per heavy atom. The van der Waals surface area contributed by atoms with Crippen molar-refractivity contribution in [3.63, 3.8) is 0 Å². The molecule has 0 saturated heterocycles. The molecule has 6 aromatic rings. The molecule has 1 aliphatic rings. The molecule has 6 aromatic carbocycles. The van der Waals surface area contributed by atoms with E-state index in [4.69, 9.17) is 28.8 Å². The number of hydrogen-bond acceptors (Lipinski definition) is 11. The molecule has 1 fully saturated rings. The van der Waals surface area contributed by atoms with E-state index in [-0.39, 0.29) is 64.5 Å². The number of aryl methyl sites for hydroxylation is 7. The van der Waals surface area contributed by atoms with Gasteiger partial charge in [0.1, 0.15) is 36.3 Å². The number of carbonyl (C=O) groups excluding carboxylic acids is 3. The van der Waals surface area contributed by atoms with E-state index < -0.39 is 23.3 Å². The molecule has 506 valence electrons. The molecule has 0 bridgehead atoms. The molecule has 94 heavy (non-hydrogen) atoms. The second kappa shape index (κ2) is 38.6. The third kappa shape index (κ3) is 23.0. The van der Waals surface area contributed by atoms with E-state index >= 15 is 8.78 Å². The number of carbonyl (C=O) groups is 3. The highest BCUT2D eigenvalue weighted by Gasteiger charge is 2.27. The zero-order chi connectivity index (χ0) is 68.2. The minimum Gasteiger partial charge on any atom is -0.492 e. The minimum atomic E-state index is -0.882. The van der Waals surface area contributed by atoms with E-state index in [2.05, 4.69) is 76.9 Å². The second-order valence-corrected chi connectivity index (χ2v) is 25.7. The largest absolute Gasteiger partial charge is 0.492 e. The van der Waals surface area contributed by atoms with Crippen LogP contribution in [0.2, 0.25) is 0 Å². The first-order chi connectivity index (χ1) is 45.2. The summed E-state index contributed by atoms with van der Waals surface area (Å²) in [6, 6.07) is 35.5. The second-order valence-electron chi connectivity index (χ2n) is 25.7. The normalized spacial score (nSPS) is 13.7. The third-order valence-electron chi connectivity index (χ3n) is 17.6. The fourth-order valence-electron chi connectivity index (χ4n) is 11.8. The van der Waals surface area contributed by atoms with Crippen LogP contribution in [-0.4, -0.2) is 86.1 Å². The van der Waals surface area contributed by atoms with Gasteiger partial charge in [0.05, 0.1) is 33.0 Å². The Kier molecular flexibility index (Phi) is 30.9. The van der Waals surface area contributed by atoms with E-state index in [0.717, 1.165) is 112 Å². The van der Waals surface area contributed by atoms with Crippen molar-refractivity contribution >= 4 is 17.9 Å². The van der Waals surface area contributed by atoms with Crippen LogP contribution < -0.4 is 9.47 Å². The van der Waals surface area contributed by atoms with E-state index in [1.54, 1.807) is 39.8 Å². The molecule has 7 rings (SSSR count). The van der Waals surface area contributed by atoms with Gasteiger partial charge in [-0.3, -0.25) is 0 Å². The molecule has 0 unspecified atom stereocenters. The van der Waals surface area contributed by atoms with Crippen molar-refractivity contribution in [2.45, 2.75) is 170 Å². The molecule has 11 nitrogen and oxygen atoms in total. The van der Waals surface area contributed by atoms with Crippen LogP contribution in [0.15, 0.2) is 146 Å². The maximum absolute atomic E-state index is 16.0. The van der Waals surface area contributed by atoms with Crippen LogP contribution in [0.1, 0.15) is 170 Å². The predicted molar refractivity (Wildman–Crippen MR) is 373 cm³/mol. The van der Waals surface area contributed by atoms with E-state index in [1.165, 1.54) is 44.1 Å². The lowest BCUT2D eigenvalue weighted by molar-refractivity contribution is -0.140. The highest BCUT2D eigenvalue weighted by atomic mass is 19.1. The highest BCUT2D eigenvalue weighted by Crippen LogP contribution is 2.41. The highest BCUT2D eigenvalue weighted by molar-refractivity contribution is 5.88. The zero-order valence-electron chi connectivity index (χ0n) is 56.9. The third-order valence-corrected chi connectivity index (χ3v) is 17.6. The van der Waals surface area contributed by atoms with Crippen LogP contribution in [0.25, 0.3) is 33.4 Å². The van der Waals surface area contributed by atoms with Crippen molar-refractivity contribution in [2.75, 3.05) is 52.9 Å². The summed E-state index contributed by atoms with van der Waals surface area (Å²) < 4.78 is 58.9. The molecule has 1 aliphatic carbocycles. The summed E-state index contributed by atoms with van der Waals surface area (Å²) in [6.45, 7) is 24.4. The van der Waals surface area contributed by atoms with Gasteiger partial charge in [-0.05, 0) is 226 Å². The Labute approximate surface area is 558 Å². The number of rotatable bonds is 36. The summed E-state index contributed by atoms with van der Waals surface area (Å²) in [4.78, 5) is 35.6. The molecule has 0 atom stereocenters. The molecule has 0 aliphatic heterocycles. The molecule has 0 amide bonds. The lowest BCUT2D eigenvalue weighted by Crippen LogP contribution is -2.33. The van der Waals surface area contributed by atoms with Gasteiger partial charge in [-0.15, -0.1) is 0 Å². The summed E-state index contributed by atoms with van der Waals surface area (Å²) in [5.41, 5.74) is 13.4. The number of benzene rings is 6. The zero-order valence-corrected chi connectivity index (χ0v) is 56.9. The Balaban J connectivity index is 0.000000332. The van der Waals surface area contributed by atoms with Crippen molar-refractivity contribution in [3.8, 4) is 44.9 Å². The van der Waals surface area contributed by atoms with E-state index in [0.29, 0.717) is 77.4 Å². The number of aliphatic hydroxyl groups is 3. The Hall–Kier alpha value is -7.71. The molecule has 0 radical (unpaired) electrons. The van der Waals surface area contributed by atoms with Crippen molar-refractivity contribution in [3.05, 3.63) is 202 Å². The summed E-state index contributed by atoms with van der Waals surface area (Å²) >= 11 is 0. The quantitative estimate of drug-likeness (QED) is 0.0149. The first-order valence-corrected chi connectivity index (χ1v) is 33.9. The van der Waals surface area contributed by atoms with Crippen LogP contribution >= 0.6 is 0 Å². The molecular weight excluding hydrogens is 1190 g/mol. The van der Waals surface area contributed by atoms with Crippen molar-refractivity contribution in [2.24, 2.45) is 11.3 Å². The van der Waals surface area contributed by atoms with Crippen LogP contribution in [0, 0.1) is 23.0 Å². The summed E-state index contributed by atoms with van der Waals surface area (Å²) in [7, 11) is 0. The first kappa shape index (κ1) is 75.3. The molecule has 1 saturated carbocycles. The van der Waals surface area contributed by atoms with Gasteiger partial charge in [0.25, 0.3) is 0 Å². The average molecular weight is 1290 g/mol. The number of halogens is 2. The molecule has 0 spiro atoms. The van der Waals surface area contributed by atoms with Gasteiger partial charge in [0.2, 0.25) is 0 Å². The maximum atomic E-state index is 16.0. The smallest absolute Gasteiger partial charge is 0.333 e. The fraction of sp³-hybridized carbons (Fsp3) is 0.444. The summed E-state index contributed by atoms with van der Waals surface area (Å²) in [5, 5.41) is 29.2. The van der Waals surface area contributed by atoms with Crippen LogP contribution in [0.4, 0.5) is 8.78 Å². The van der Waals surface area contributed by atoms with Crippen LogP contribution in [0.3, 0.4) is 0 Å².